The zero-order valence-electron chi connectivity index (χ0n) is 16.7. The maximum Gasteiger partial charge on any atom is 0.133 e. The van der Waals surface area contributed by atoms with Crippen LogP contribution in [-0.2, 0) is 9.53 Å². The molecule has 0 aromatic heterocycles. The van der Waals surface area contributed by atoms with Crippen LogP contribution in [0.3, 0.4) is 0 Å². The van der Waals surface area contributed by atoms with Crippen LogP contribution in [0.2, 0.25) is 0 Å². The van der Waals surface area contributed by atoms with Gasteiger partial charge in [0.2, 0.25) is 0 Å². The van der Waals surface area contributed by atoms with Crippen LogP contribution in [0.15, 0.2) is 0 Å². The van der Waals surface area contributed by atoms with Crippen LogP contribution in [0, 0.1) is 40.9 Å². The molecule has 0 bridgehead atoms. The summed E-state index contributed by atoms with van der Waals surface area (Å²) in [7, 11) is 3.25. The predicted octanol–water partition coefficient (Wildman–Crippen LogP) is 4.47. The highest BCUT2D eigenvalue weighted by molar-refractivity contribution is 5.79. The van der Waals surface area contributed by atoms with Gasteiger partial charge in [0.1, 0.15) is 5.78 Å². The summed E-state index contributed by atoms with van der Waals surface area (Å²) < 4.78 is 4.25. The monoisotopic (exact) mass is 350 g/mol. The molecule has 0 aromatic carbocycles. The third kappa shape index (κ3) is 3.43. The second-order valence-electron chi connectivity index (χ2n) is 9.60. The summed E-state index contributed by atoms with van der Waals surface area (Å²) >= 11 is 0. The van der Waals surface area contributed by atoms with Crippen molar-refractivity contribution < 1.29 is 14.6 Å². The van der Waals surface area contributed by atoms with Crippen molar-refractivity contribution in [3.63, 3.8) is 0 Å². The van der Waals surface area contributed by atoms with E-state index in [1.165, 1.54) is 38.5 Å². The van der Waals surface area contributed by atoms with E-state index in [1.54, 1.807) is 14.2 Å². The van der Waals surface area contributed by atoms with Gasteiger partial charge in [-0.1, -0.05) is 6.92 Å². The first-order valence-electron chi connectivity index (χ1n) is 10.5. The smallest absolute Gasteiger partial charge is 0.133 e. The number of carbonyl (C=O) groups is 1. The van der Waals surface area contributed by atoms with Crippen molar-refractivity contribution in [3.05, 3.63) is 0 Å². The van der Waals surface area contributed by atoms with Crippen LogP contribution < -0.4 is 0 Å². The van der Waals surface area contributed by atoms with Crippen LogP contribution in [-0.4, -0.2) is 31.2 Å². The van der Waals surface area contributed by atoms with Crippen LogP contribution in [0.4, 0.5) is 0 Å². The van der Waals surface area contributed by atoms with Gasteiger partial charge in [-0.15, -0.1) is 0 Å². The molecular formula is C22H38O3. The number of methoxy groups -OCH3 is 1. The van der Waals surface area contributed by atoms with E-state index in [1.807, 2.05) is 6.92 Å². The van der Waals surface area contributed by atoms with E-state index in [9.17, 15) is 9.90 Å². The summed E-state index contributed by atoms with van der Waals surface area (Å²) in [6.45, 7) is 4.26. The number of hydrogen-bond donors (Lipinski definition) is 1. The molecule has 4 aliphatic rings. The number of aliphatic hydroxyl groups is 1. The zero-order chi connectivity index (χ0) is 18.2. The van der Waals surface area contributed by atoms with E-state index in [4.69, 9.17) is 0 Å². The number of aliphatic hydroxyl groups excluding tert-OH is 1. The Morgan fingerprint density at radius 1 is 0.960 bits per heavy atom. The van der Waals surface area contributed by atoms with Crippen LogP contribution >= 0.6 is 0 Å². The fourth-order valence-corrected chi connectivity index (χ4v) is 7.50. The fraction of sp³-hybridized carbons (Fsp3) is 0.955. The maximum absolute atomic E-state index is 12.1. The second kappa shape index (κ2) is 7.68. The highest BCUT2D eigenvalue weighted by Gasteiger charge is 2.57. The molecule has 0 aliphatic heterocycles. The minimum absolute atomic E-state index is 0.0276. The van der Waals surface area contributed by atoms with Gasteiger partial charge in [0.05, 0.1) is 6.10 Å². The molecule has 25 heavy (non-hydrogen) atoms. The average molecular weight is 351 g/mol. The minimum Gasteiger partial charge on any atom is -0.393 e. The molecule has 8 atom stereocenters. The first-order valence-corrected chi connectivity index (χ1v) is 10.5. The number of Topliss-reactive ketones (excluding diaryl/α,β-unsaturated/α-hetero) is 1. The largest absolute Gasteiger partial charge is 0.393 e. The molecule has 0 radical (unpaired) electrons. The molecule has 0 spiro atoms. The van der Waals surface area contributed by atoms with Gasteiger partial charge in [0.25, 0.3) is 0 Å². The van der Waals surface area contributed by atoms with Crippen molar-refractivity contribution in [2.24, 2.45) is 40.9 Å². The Balaban J connectivity index is 0.000000569. The van der Waals surface area contributed by atoms with E-state index in [2.05, 4.69) is 11.7 Å². The lowest BCUT2D eigenvalue weighted by Crippen LogP contribution is -2.49. The summed E-state index contributed by atoms with van der Waals surface area (Å²) in [6.07, 6.45) is 11.1. The number of carbonyl (C=O) groups excluding carboxylic acids is 1. The summed E-state index contributed by atoms with van der Waals surface area (Å²) in [5, 5.41) is 9.99. The molecule has 0 heterocycles. The van der Waals surface area contributed by atoms with Crippen molar-refractivity contribution in [2.45, 2.75) is 77.7 Å². The molecule has 8 unspecified atom stereocenters. The van der Waals surface area contributed by atoms with Gasteiger partial charge < -0.3 is 9.84 Å². The topological polar surface area (TPSA) is 46.5 Å². The van der Waals surface area contributed by atoms with E-state index in [-0.39, 0.29) is 6.10 Å². The molecule has 4 saturated carbocycles. The molecule has 4 rings (SSSR count). The van der Waals surface area contributed by atoms with Gasteiger partial charge in [-0.2, -0.15) is 0 Å². The zero-order valence-corrected chi connectivity index (χ0v) is 16.7. The average Bonchev–Trinajstić information content (AvgIpc) is 2.92. The van der Waals surface area contributed by atoms with E-state index in [0.717, 1.165) is 48.9 Å². The van der Waals surface area contributed by atoms with Crippen molar-refractivity contribution in [1.82, 2.24) is 0 Å². The third-order valence-electron chi connectivity index (χ3n) is 8.42. The highest BCUT2D eigenvalue weighted by Crippen LogP contribution is 2.64. The molecule has 0 saturated heterocycles. The van der Waals surface area contributed by atoms with Gasteiger partial charge in [0.15, 0.2) is 0 Å². The lowest BCUT2D eigenvalue weighted by atomic mass is 9.49. The normalized spacial score (nSPS) is 48.4. The molecule has 3 heteroatoms. The molecule has 4 aliphatic carbocycles. The molecular weight excluding hydrogens is 312 g/mol. The predicted molar refractivity (Wildman–Crippen MR) is 100 cm³/mol. The van der Waals surface area contributed by atoms with Crippen molar-refractivity contribution in [3.8, 4) is 0 Å². The first kappa shape index (κ1) is 19.4. The molecule has 1 N–H and O–H groups in total. The lowest BCUT2D eigenvalue weighted by Gasteiger charge is -2.56. The Labute approximate surface area is 153 Å². The van der Waals surface area contributed by atoms with Crippen molar-refractivity contribution in [2.75, 3.05) is 14.2 Å². The van der Waals surface area contributed by atoms with Crippen LogP contribution in [0.1, 0.15) is 71.6 Å². The third-order valence-corrected chi connectivity index (χ3v) is 8.42. The van der Waals surface area contributed by atoms with Crippen LogP contribution in [0.25, 0.3) is 0 Å². The molecule has 144 valence electrons. The molecule has 4 fully saturated rings. The number of fused-ring (bicyclic) bond motifs is 5. The SMILES string of the molecule is CC(=O)C1CCC2C3CCC4CC(O)CCC4C3CCC12C.COC. The number of ketones is 1. The Morgan fingerprint density at radius 3 is 2.32 bits per heavy atom. The summed E-state index contributed by atoms with van der Waals surface area (Å²) in [6, 6.07) is 0. The van der Waals surface area contributed by atoms with E-state index in [0.29, 0.717) is 17.1 Å². The van der Waals surface area contributed by atoms with E-state index >= 15 is 0 Å². The summed E-state index contributed by atoms with van der Waals surface area (Å²) in [5.74, 6) is 5.02. The molecule has 3 nitrogen and oxygen atoms in total. The number of ether oxygens (including phenoxy) is 1. The maximum atomic E-state index is 12.1. The van der Waals surface area contributed by atoms with Gasteiger partial charge >= 0.3 is 0 Å². The van der Waals surface area contributed by atoms with Crippen molar-refractivity contribution >= 4 is 5.78 Å². The Hall–Kier alpha value is -0.410. The lowest BCUT2D eigenvalue weighted by molar-refractivity contribution is -0.128. The fourth-order valence-electron chi connectivity index (χ4n) is 7.50. The van der Waals surface area contributed by atoms with Crippen molar-refractivity contribution in [1.29, 1.82) is 0 Å². The quantitative estimate of drug-likeness (QED) is 0.759. The van der Waals surface area contributed by atoms with Gasteiger partial charge in [0, 0.05) is 20.1 Å². The summed E-state index contributed by atoms with van der Waals surface area (Å²) in [4.78, 5) is 12.1. The van der Waals surface area contributed by atoms with Crippen LogP contribution in [0.5, 0.6) is 0 Å². The Morgan fingerprint density at radius 2 is 1.64 bits per heavy atom. The molecule has 0 aromatic rings. The summed E-state index contributed by atoms with van der Waals surface area (Å²) in [5.41, 5.74) is 0.300. The van der Waals surface area contributed by atoms with E-state index < -0.39 is 0 Å². The Bertz CT molecular complexity index is 476. The number of hydrogen-bond acceptors (Lipinski definition) is 3. The van der Waals surface area contributed by atoms with Gasteiger partial charge in [-0.05, 0) is 99.7 Å². The Kier molecular flexibility index (Phi) is 5.95. The van der Waals surface area contributed by atoms with Gasteiger partial charge in [-0.3, -0.25) is 4.79 Å². The standard InChI is InChI=1S/C20H32O2.C2H6O/c1-12(21)18-7-8-19-17-5-3-13-11-14(22)4-6-15(13)16(17)9-10-20(18,19)2;1-3-2/h13-19,22H,3-11H2,1-2H3;1-2H3. The molecule has 0 amide bonds. The second-order valence-corrected chi connectivity index (χ2v) is 9.60. The first-order chi connectivity index (χ1) is 11.9. The number of rotatable bonds is 1. The minimum atomic E-state index is -0.0276. The highest BCUT2D eigenvalue weighted by atomic mass is 16.4. The van der Waals surface area contributed by atoms with Gasteiger partial charge in [-0.25, -0.2) is 0 Å².